The number of hydrogen-bond donors (Lipinski definition) is 1. The van der Waals surface area contributed by atoms with Crippen molar-refractivity contribution in [1.82, 2.24) is 20.4 Å². The second-order valence-corrected chi connectivity index (χ2v) is 6.11. The second-order valence-electron chi connectivity index (χ2n) is 6.11. The molecule has 0 bridgehead atoms. The highest BCUT2D eigenvalue weighted by molar-refractivity contribution is 5.85. The predicted octanol–water partition coefficient (Wildman–Crippen LogP) is 1.82. The molecule has 2 aliphatic heterocycles. The van der Waals surface area contributed by atoms with Crippen molar-refractivity contribution in [2.75, 3.05) is 33.3 Å². The van der Waals surface area contributed by atoms with Gasteiger partial charge in [-0.15, -0.1) is 12.4 Å². The molecule has 0 spiro atoms. The summed E-state index contributed by atoms with van der Waals surface area (Å²) in [4.78, 5) is 6.94. The van der Waals surface area contributed by atoms with E-state index in [1.54, 1.807) is 7.11 Å². The summed E-state index contributed by atoms with van der Waals surface area (Å²) < 4.78 is 10.6. The number of hydrogen-bond acceptors (Lipinski definition) is 6. The highest BCUT2D eigenvalue weighted by atomic mass is 35.5. The van der Waals surface area contributed by atoms with Gasteiger partial charge < -0.3 is 14.6 Å². The van der Waals surface area contributed by atoms with Crippen LogP contribution in [0, 0.1) is 11.8 Å². The number of nitrogens with one attached hydrogen (secondary N) is 1. The number of ether oxygens (including phenoxy) is 1. The lowest BCUT2D eigenvalue weighted by Gasteiger charge is -2.13. The summed E-state index contributed by atoms with van der Waals surface area (Å²) >= 11 is 0. The lowest BCUT2D eigenvalue weighted by molar-refractivity contribution is 0.253. The third-order valence-electron chi connectivity index (χ3n) is 4.64. The van der Waals surface area contributed by atoms with Crippen LogP contribution in [0.25, 0.3) is 11.4 Å². The Balaban J connectivity index is 0.00000156. The maximum absolute atomic E-state index is 5.41. The fraction of sp³-hybridized carbons (Fsp3) is 0.500. The molecule has 23 heavy (non-hydrogen) atoms. The van der Waals surface area contributed by atoms with Gasteiger partial charge in [0, 0.05) is 18.7 Å². The van der Waals surface area contributed by atoms with Crippen LogP contribution in [0.2, 0.25) is 0 Å². The van der Waals surface area contributed by atoms with Crippen molar-refractivity contribution in [2.45, 2.75) is 6.54 Å². The van der Waals surface area contributed by atoms with Gasteiger partial charge in [0.1, 0.15) is 5.75 Å². The van der Waals surface area contributed by atoms with Crippen LogP contribution in [-0.2, 0) is 6.54 Å². The van der Waals surface area contributed by atoms with Crippen LogP contribution in [0.5, 0.6) is 5.75 Å². The molecular weight excluding hydrogens is 316 g/mol. The van der Waals surface area contributed by atoms with Gasteiger partial charge >= 0.3 is 0 Å². The van der Waals surface area contributed by atoms with Gasteiger partial charge in [-0.1, -0.05) is 5.16 Å². The van der Waals surface area contributed by atoms with E-state index in [1.165, 1.54) is 0 Å². The first kappa shape index (κ1) is 16.2. The van der Waals surface area contributed by atoms with Crippen LogP contribution in [0.4, 0.5) is 0 Å². The average Bonchev–Trinajstić information content (AvgIpc) is 3.24. The van der Waals surface area contributed by atoms with E-state index in [9.17, 15) is 0 Å². The van der Waals surface area contributed by atoms with E-state index in [4.69, 9.17) is 9.26 Å². The molecule has 3 heterocycles. The van der Waals surface area contributed by atoms with Crippen LogP contribution < -0.4 is 10.1 Å². The number of halogens is 1. The van der Waals surface area contributed by atoms with Gasteiger partial charge in [-0.25, -0.2) is 0 Å². The van der Waals surface area contributed by atoms with E-state index in [-0.39, 0.29) is 12.4 Å². The third kappa shape index (κ3) is 3.34. The molecule has 1 aromatic heterocycles. The Hall–Kier alpha value is -1.63. The van der Waals surface area contributed by atoms with Crippen molar-refractivity contribution in [1.29, 1.82) is 0 Å². The maximum Gasteiger partial charge on any atom is 0.241 e. The SMILES string of the molecule is COc1ccc(-c2noc(CN3C[C@H]4CNC[C@H]4C3)n2)cc1.Cl. The van der Waals surface area contributed by atoms with Crippen LogP contribution in [0.1, 0.15) is 5.89 Å². The van der Waals surface area contributed by atoms with Crippen LogP contribution in [0.15, 0.2) is 28.8 Å². The fourth-order valence-corrected chi connectivity index (χ4v) is 3.45. The van der Waals surface area contributed by atoms with Gasteiger partial charge in [-0.05, 0) is 49.2 Å². The zero-order chi connectivity index (χ0) is 14.9. The minimum atomic E-state index is 0. The Morgan fingerprint density at radius 1 is 1.22 bits per heavy atom. The number of fused-ring (bicyclic) bond motifs is 1. The van der Waals surface area contributed by atoms with Crippen molar-refractivity contribution in [3.05, 3.63) is 30.2 Å². The molecule has 0 amide bonds. The summed E-state index contributed by atoms with van der Waals surface area (Å²) in [7, 11) is 1.66. The maximum atomic E-state index is 5.41. The summed E-state index contributed by atoms with van der Waals surface area (Å²) in [5, 5.41) is 7.55. The smallest absolute Gasteiger partial charge is 0.241 e. The molecule has 6 nitrogen and oxygen atoms in total. The van der Waals surface area contributed by atoms with Crippen LogP contribution >= 0.6 is 12.4 Å². The Bertz CT molecular complexity index is 634. The molecular formula is C16H21ClN4O2. The number of likely N-dealkylation sites (tertiary alicyclic amines) is 1. The molecule has 1 N–H and O–H groups in total. The topological polar surface area (TPSA) is 63.4 Å². The van der Waals surface area contributed by atoms with Crippen molar-refractivity contribution < 1.29 is 9.26 Å². The summed E-state index contributed by atoms with van der Waals surface area (Å²) in [6.07, 6.45) is 0. The normalized spacial score (nSPS) is 23.5. The van der Waals surface area contributed by atoms with Gasteiger partial charge in [-0.2, -0.15) is 4.98 Å². The van der Waals surface area contributed by atoms with E-state index in [1.807, 2.05) is 24.3 Å². The number of nitrogens with zero attached hydrogens (tertiary/aromatic N) is 3. The third-order valence-corrected chi connectivity index (χ3v) is 4.64. The molecule has 7 heteroatoms. The Morgan fingerprint density at radius 2 is 1.91 bits per heavy atom. The Morgan fingerprint density at radius 3 is 2.57 bits per heavy atom. The van der Waals surface area contributed by atoms with E-state index in [0.29, 0.717) is 11.7 Å². The Labute approximate surface area is 141 Å². The first-order valence-corrected chi connectivity index (χ1v) is 7.72. The van der Waals surface area contributed by atoms with E-state index in [0.717, 1.165) is 55.9 Å². The van der Waals surface area contributed by atoms with E-state index >= 15 is 0 Å². The molecule has 0 aliphatic carbocycles. The van der Waals surface area contributed by atoms with Gasteiger partial charge in [0.2, 0.25) is 11.7 Å². The largest absolute Gasteiger partial charge is 0.497 e. The molecule has 2 fully saturated rings. The molecule has 0 unspecified atom stereocenters. The van der Waals surface area contributed by atoms with Crippen molar-refractivity contribution in [3.8, 4) is 17.1 Å². The van der Waals surface area contributed by atoms with Gasteiger partial charge in [0.15, 0.2) is 0 Å². The van der Waals surface area contributed by atoms with Gasteiger partial charge in [0.25, 0.3) is 0 Å². The standard InChI is InChI=1S/C16H20N4O2.ClH/c1-21-14-4-2-11(3-5-14)16-18-15(22-19-16)10-20-8-12-6-17-7-13(12)9-20;/h2-5,12-13,17H,6-10H2,1H3;1H/t12-,13+;. The molecule has 2 aliphatic rings. The molecule has 2 saturated heterocycles. The fourth-order valence-electron chi connectivity index (χ4n) is 3.45. The van der Waals surface area contributed by atoms with Gasteiger partial charge in [-0.3, -0.25) is 4.90 Å². The summed E-state index contributed by atoms with van der Waals surface area (Å²) in [5.41, 5.74) is 0.943. The predicted molar refractivity (Wildman–Crippen MR) is 88.7 cm³/mol. The number of aromatic nitrogens is 2. The molecule has 1 aromatic carbocycles. The quantitative estimate of drug-likeness (QED) is 0.919. The molecule has 0 radical (unpaired) electrons. The highest BCUT2D eigenvalue weighted by Gasteiger charge is 2.36. The number of methoxy groups -OCH3 is 1. The highest BCUT2D eigenvalue weighted by Crippen LogP contribution is 2.27. The average molecular weight is 337 g/mol. The zero-order valence-electron chi connectivity index (χ0n) is 13.1. The molecule has 4 rings (SSSR count). The number of benzene rings is 1. The van der Waals surface area contributed by atoms with Crippen LogP contribution in [0.3, 0.4) is 0 Å². The minimum Gasteiger partial charge on any atom is -0.497 e. The Kier molecular flexibility index (Phi) is 4.84. The molecule has 124 valence electrons. The lowest BCUT2D eigenvalue weighted by Crippen LogP contribution is -2.25. The minimum absolute atomic E-state index is 0. The lowest BCUT2D eigenvalue weighted by atomic mass is 10.0. The summed E-state index contributed by atoms with van der Waals surface area (Å²) in [6.45, 7) is 5.27. The van der Waals surface area contributed by atoms with Crippen molar-refractivity contribution >= 4 is 12.4 Å². The van der Waals surface area contributed by atoms with Crippen molar-refractivity contribution in [3.63, 3.8) is 0 Å². The second kappa shape index (κ2) is 6.86. The molecule has 2 atom stereocenters. The monoisotopic (exact) mass is 336 g/mol. The van der Waals surface area contributed by atoms with E-state index < -0.39 is 0 Å². The zero-order valence-corrected chi connectivity index (χ0v) is 13.9. The molecule has 2 aromatic rings. The molecule has 0 saturated carbocycles. The number of rotatable bonds is 4. The van der Waals surface area contributed by atoms with E-state index in [2.05, 4.69) is 20.4 Å². The first-order valence-electron chi connectivity index (χ1n) is 7.72. The summed E-state index contributed by atoms with van der Waals surface area (Å²) in [5.74, 6) is 3.72. The first-order chi connectivity index (χ1) is 10.8. The van der Waals surface area contributed by atoms with Crippen molar-refractivity contribution in [2.24, 2.45) is 11.8 Å². The van der Waals surface area contributed by atoms with Gasteiger partial charge in [0.05, 0.1) is 13.7 Å². The summed E-state index contributed by atoms with van der Waals surface area (Å²) in [6, 6.07) is 7.69. The van der Waals surface area contributed by atoms with Crippen LogP contribution in [-0.4, -0.2) is 48.3 Å².